The zero-order valence-electron chi connectivity index (χ0n) is 13.9. The Morgan fingerprint density at radius 2 is 1.80 bits per heavy atom. The second-order valence-electron chi connectivity index (χ2n) is 5.28. The quantitative estimate of drug-likeness (QED) is 0.420. The maximum absolute atomic E-state index is 13.8. The van der Waals surface area contributed by atoms with Crippen LogP contribution in [0.1, 0.15) is 22.3 Å². The van der Waals surface area contributed by atoms with Gasteiger partial charge in [0.05, 0.1) is 11.6 Å². The van der Waals surface area contributed by atoms with Gasteiger partial charge in [0.2, 0.25) is 0 Å². The molecule has 0 aliphatic rings. The van der Waals surface area contributed by atoms with Gasteiger partial charge in [0.15, 0.2) is 5.96 Å². The first-order chi connectivity index (χ1) is 11.5. The molecule has 0 atom stereocenters. The van der Waals surface area contributed by atoms with E-state index in [0.29, 0.717) is 23.6 Å². The lowest BCUT2D eigenvalue weighted by atomic mass is 10.1. The Morgan fingerprint density at radius 3 is 2.40 bits per heavy atom. The molecule has 0 saturated heterocycles. The van der Waals surface area contributed by atoms with Crippen LogP contribution in [0.3, 0.4) is 0 Å². The summed E-state index contributed by atoms with van der Waals surface area (Å²) in [6, 6.07) is 11.2. The van der Waals surface area contributed by atoms with Gasteiger partial charge in [-0.25, -0.2) is 8.78 Å². The molecule has 0 radical (unpaired) electrons. The van der Waals surface area contributed by atoms with Crippen LogP contribution in [0, 0.1) is 29.9 Å². The van der Waals surface area contributed by atoms with E-state index in [4.69, 9.17) is 5.26 Å². The molecule has 0 unspecified atom stereocenters. The van der Waals surface area contributed by atoms with E-state index >= 15 is 0 Å². The van der Waals surface area contributed by atoms with Crippen molar-refractivity contribution in [2.75, 3.05) is 7.05 Å². The lowest BCUT2D eigenvalue weighted by Gasteiger charge is -2.13. The maximum atomic E-state index is 13.8. The summed E-state index contributed by atoms with van der Waals surface area (Å²) in [5.41, 5.74) is 2.08. The molecule has 2 aromatic rings. The van der Waals surface area contributed by atoms with Crippen LogP contribution in [0.5, 0.6) is 0 Å². The molecule has 2 aromatic carbocycles. The van der Waals surface area contributed by atoms with Crippen LogP contribution in [0.2, 0.25) is 0 Å². The molecule has 0 aliphatic heterocycles. The maximum Gasteiger partial charge on any atom is 0.191 e. The van der Waals surface area contributed by atoms with E-state index < -0.39 is 5.82 Å². The molecule has 7 heteroatoms. The highest BCUT2D eigenvalue weighted by Gasteiger charge is 2.06. The van der Waals surface area contributed by atoms with Crippen molar-refractivity contribution in [3.05, 3.63) is 70.3 Å². The minimum absolute atomic E-state index is 0. The van der Waals surface area contributed by atoms with E-state index in [9.17, 15) is 8.78 Å². The first-order valence-corrected chi connectivity index (χ1v) is 7.41. The van der Waals surface area contributed by atoms with Gasteiger partial charge in [0.25, 0.3) is 0 Å². The number of nitrogens with zero attached hydrogens (tertiary/aromatic N) is 2. The van der Waals surface area contributed by atoms with Gasteiger partial charge in [-0.3, -0.25) is 4.99 Å². The molecule has 0 saturated carbocycles. The summed E-state index contributed by atoms with van der Waals surface area (Å²) >= 11 is 0. The van der Waals surface area contributed by atoms with Gasteiger partial charge < -0.3 is 10.6 Å². The predicted molar refractivity (Wildman–Crippen MR) is 105 cm³/mol. The van der Waals surface area contributed by atoms with Crippen molar-refractivity contribution in [2.45, 2.75) is 20.0 Å². The smallest absolute Gasteiger partial charge is 0.191 e. The van der Waals surface area contributed by atoms with Crippen LogP contribution in [0.25, 0.3) is 0 Å². The number of hydrogen-bond donors (Lipinski definition) is 2. The molecule has 132 valence electrons. The summed E-state index contributed by atoms with van der Waals surface area (Å²) in [5.74, 6) is -0.228. The Labute approximate surface area is 163 Å². The van der Waals surface area contributed by atoms with E-state index in [1.165, 1.54) is 12.1 Å². The fourth-order valence-corrected chi connectivity index (χ4v) is 2.09. The fourth-order valence-electron chi connectivity index (χ4n) is 2.09. The monoisotopic (exact) mass is 456 g/mol. The topological polar surface area (TPSA) is 60.2 Å². The number of nitrogens with one attached hydrogen (secondary N) is 2. The average Bonchev–Trinajstić information content (AvgIpc) is 2.59. The number of halogens is 3. The van der Waals surface area contributed by atoms with Crippen LogP contribution in [0.15, 0.2) is 41.4 Å². The van der Waals surface area contributed by atoms with Gasteiger partial charge in [-0.15, -0.1) is 24.0 Å². The van der Waals surface area contributed by atoms with Crippen molar-refractivity contribution in [3.8, 4) is 6.07 Å². The van der Waals surface area contributed by atoms with Gasteiger partial charge in [0.1, 0.15) is 11.6 Å². The number of aryl methyl sites for hydroxylation is 1. The van der Waals surface area contributed by atoms with Crippen LogP contribution in [0.4, 0.5) is 8.78 Å². The van der Waals surface area contributed by atoms with Crippen LogP contribution in [-0.2, 0) is 13.1 Å². The molecule has 4 nitrogen and oxygen atoms in total. The lowest BCUT2D eigenvalue weighted by molar-refractivity contribution is 0.603. The van der Waals surface area contributed by atoms with Gasteiger partial charge in [-0.1, -0.05) is 18.2 Å². The normalized spacial score (nSPS) is 10.6. The molecular weight excluding hydrogens is 437 g/mol. The number of guanidine groups is 1. The van der Waals surface area contributed by atoms with E-state index in [1.807, 2.05) is 12.1 Å². The van der Waals surface area contributed by atoms with Crippen molar-refractivity contribution in [3.63, 3.8) is 0 Å². The Morgan fingerprint density at radius 1 is 1.08 bits per heavy atom. The zero-order valence-corrected chi connectivity index (χ0v) is 16.3. The summed E-state index contributed by atoms with van der Waals surface area (Å²) in [7, 11) is 1.60. The highest BCUT2D eigenvalue weighted by atomic mass is 127. The molecule has 2 rings (SSSR count). The largest absolute Gasteiger partial charge is 0.352 e. The number of hydrogen-bond acceptors (Lipinski definition) is 2. The Bertz CT molecular complexity index is 800. The highest BCUT2D eigenvalue weighted by Crippen LogP contribution is 2.10. The summed E-state index contributed by atoms with van der Waals surface area (Å²) < 4.78 is 27.4. The third-order valence-corrected chi connectivity index (χ3v) is 3.55. The molecule has 0 amide bonds. The minimum Gasteiger partial charge on any atom is -0.352 e. The van der Waals surface area contributed by atoms with Crippen LogP contribution in [-0.4, -0.2) is 13.0 Å². The molecule has 0 fully saturated rings. The van der Waals surface area contributed by atoms with E-state index in [2.05, 4.69) is 15.6 Å². The number of aliphatic imine (C=N–C) groups is 1. The van der Waals surface area contributed by atoms with E-state index in [1.54, 1.807) is 32.2 Å². The van der Waals surface area contributed by atoms with Crippen molar-refractivity contribution < 1.29 is 8.78 Å². The average molecular weight is 456 g/mol. The predicted octanol–water partition coefficient (Wildman–Crippen LogP) is 3.63. The van der Waals surface area contributed by atoms with Crippen molar-refractivity contribution in [1.29, 1.82) is 5.26 Å². The van der Waals surface area contributed by atoms with Crippen molar-refractivity contribution in [1.82, 2.24) is 10.6 Å². The first kappa shape index (κ1) is 20.8. The van der Waals surface area contributed by atoms with E-state index in [0.717, 1.165) is 5.56 Å². The molecule has 0 aromatic heterocycles. The third-order valence-electron chi connectivity index (χ3n) is 3.55. The second kappa shape index (κ2) is 9.93. The van der Waals surface area contributed by atoms with Crippen molar-refractivity contribution in [2.24, 2.45) is 4.99 Å². The molecule has 0 aliphatic carbocycles. The Kier molecular flexibility index (Phi) is 8.28. The van der Waals surface area contributed by atoms with Gasteiger partial charge in [0, 0.05) is 25.7 Å². The zero-order chi connectivity index (χ0) is 17.5. The number of nitriles is 1. The Balaban J connectivity index is 0.00000312. The summed E-state index contributed by atoms with van der Waals surface area (Å²) in [6.07, 6.45) is 0. The molecule has 0 bridgehead atoms. The number of rotatable bonds is 4. The van der Waals surface area contributed by atoms with Gasteiger partial charge >= 0.3 is 0 Å². The standard InChI is InChI=1S/C18H18F2N4.HI/c1-12-3-4-14(8-16(12)19)10-23-18(22-2)24-11-15-6-5-13(9-21)7-17(15)20;/h3-8H,10-11H2,1-2H3,(H2,22,23,24);1H. The van der Waals surface area contributed by atoms with Crippen LogP contribution >= 0.6 is 24.0 Å². The molecule has 0 heterocycles. The highest BCUT2D eigenvalue weighted by molar-refractivity contribution is 14.0. The van der Waals surface area contributed by atoms with Gasteiger partial charge in [-0.05, 0) is 36.2 Å². The second-order valence-corrected chi connectivity index (χ2v) is 5.28. The minimum atomic E-state index is -0.447. The molecule has 0 spiro atoms. The fraction of sp³-hybridized carbons (Fsp3) is 0.222. The summed E-state index contributed by atoms with van der Waals surface area (Å²) in [6.45, 7) is 2.32. The summed E-state index contributed by atoms with van der Waals surface area (Å²) in [4.78, 5) is 4.05. The first-order valence-electron chi connectivity index (χ1n) is 7.41. The molecule has 25 heavy (non-hydrogen) atoms. The Hall–Kier alpha value is -2.21. The van der Waals surface area contributed by atoms with Gasteiger partial charge in [-0.2, -0.15) is 5.26 Å². The third kappa shape index (κ3) is 5.98. The molecular formula is C18H19F2IN4. The van der Waals surface area contributed by atoms with E-state index in [-0.39, 0.29) is 41.9 Å². The molecule has 2 N–H and O–H groups in total. The summed E-state index contributed by atoms with van der Waals surface area (Å²) in [5, 5.41) is 14.8. The van der Waals surface area contributed by atoms with Crippen LogP contribution < -0.4 is 10.6 Å². The van der Waals surface area contributed by atoms with Crippen molar-refractivity contribution >= 4 is 29.9 Å². The lowest BCUT2D eigenvalue weighted by Crippen LogP contribution is -2.36. The number of benzene rings is 2. The SMILES string of the molecule is CN=C(NCc1ccc(C)c(F)c1)NCc1ccc(C#N)cc1F.I.